The highest BCUT2D eigenvalue weighted by Gasteiger charge is 2.55. The Bertz CT molecular complexity index is 10100. The summed E-state index contributed by atoms with van der Waals surface area (Å²) in [5.41, 5.74) is 34.5. The topological polar surface area (TPSA) is 121 Å². The summed E-state index contributed by atoms with van der Waals surface area (Å²) < 4.78 is 10.1. The molecule has 698 valence electrons. The molecule has 7 aromatic heterocycles. The van der Waals surface area contributed by atoms with Crippen LogP contribution in [-0.4, -0.2) is 49.4 Å². The van der Waals surface area contributed by atoms with Gasteiger partial charge in [0, 0.05) is 127 Å². The van der Waals surface area contributed by atoms with E-state index in [0.717, 1.165) is 66.7 Å². The van der Waals surface area contributed by atoms with E-state index in [1.165, 1.54) is 171 Å². The Morgan fingerprint density at radius 2 is 0.427 bits per heavy atom. The van der Waals surface area contributed by atoms with Crippen LogP contribution in [0.4, 0.5) is 0 Å². The molecule has 10 nitrogen and oxygen atoms in total. The molecule has 28 aromatic rings. The van der Waals surface area contributed by atoms with Crippen LogP contribution in [0.25, 0.3) is 246 Å². The van der Waals surface area contributed by atoms with Gasteiger partial charge in [0.25, 0.3) is 0 Å². The van der Waals surface area contributed by atoms with Crippen LogP contribution in [0.15, 0.2) is 497 Å². The SMILES string of the molecule is c1ccc(-c2ccc(-c3ccc4c5c6sc7ccccc7c6ccc5n(-c5nc(-c6ccccc6)nc(-c6ccccc6)n5)c4c3)cc2)cc1.c1ccc(-c2nc(-c3ccccc3)nc(-c3ccc4c(c3)C3(c5ccccc5-4)c4ccccc4-c4c3ccc3c4sc4ccccc43)n2)cc1.c1ccc(-c2nc(-c3ccccc3)nc(-c3ccc4c(c3)C3(c5ccccc5-c5ccccc53)c3ccc5c(sc6ccccc65)c3-4)n2)cc1. The lowest BCUT2D eigenvalue weighted by Crippen LogP contribution is -2.25. The molecule has 0 bridgehead atoms. The third-order valence-corrected chi connectivity index (χ3v) is 34.2. The summed E-state index contributed by atoms with van der Waals surface area (Å²) in [5.74, 6) is 5.85. The van der Waals surface area contributed by atoms with Crippen molar-refractivity contribution in [1.29, 1.82) is 0 Å². The molecule has 7 heterocycles. The quantitative estimate of drug-likeness (QED) is 0.125. The highest BCUT2D eigenvalue weighted by Crippen LogP contribution is 2.68. The smallest absolute Gasteiger partial charge is 0.238 e. The van der Waals surface area contributed by atoms with Crippen LogP contribution in [0.5, 0.6) is 0 Å². The summed E-state index contributed by atoms with van der Waals surface area (Å²) in [6.45, 7) is 0. The first-order valence-electron chi connectivity index (χ1n) is 50.6. The van der Waals surface area contributed by atoms with Gasteiger partial charge in [-0.3, -0.25) is 4.57 Å². The monoisotopic (exact) mass is 1960 g/mol. The van der Waals surface area contributed by atoms with Crippen molar-refractivity contribution in [2.45, 2.75) is 10.8 Å². The van der Waals surface area contributed by atoms with Crippen molar-refractivity contribution in [3.05, 3.63) is 542 Å². The molecule has 0 aliphatic heterocycles. The minimum Gasteiger partial charge on any atom is -0.278 e. The van der Waals surface area contributed by atoms with Crippen molar-refractivity contribution >= 4 is 116 Å². The average molecular weight is 1960 g/mol. The molecule has 21 aromatic carbocycles. The van der Waals surface area contributed by atoms with E-state index >= 15 is 0 Å². The maximum Gasteiger partial charge on any atom is 0.238 e. The van der Waals surface area contributed by atoms with Gasteiger partial charge in [0.1, 0.15) is 0 Å². The van der Waals surface area contributed by atoms with Crippen LogP contribution in [0.1, 0.15) is 44.5 Å². The zero-order valence-electron chi connectivity index (χ0n) is 80.5. The highest BCUT2D eigenvalue weighted by molar-refractivity contribution is 7.27. The van der Waals surface area contributed by atoms with Gasteiger partial charge < -0.3 is 0 Å². The Hall–Kier alpha value is -18.9. The second kappa shape index (κ2) is 35.0. The third kappa shape index (κ3) is 13.6. The average Bonchev–Trinajstić information content (AvgIpc) is 1.50. The minimum absolute atomic E-state index is 0.476. The molecular formula is C137H82N10S3. The summed E-state index contributed by atoms with van der Waals surface area (Å²) in [7, 11) is 0. The van der Waals surface area contributed by atoms with Crippen molar-refractivity contribution in [3.63, 3.8) is 0 Å². The molecule has 150 heavy (non-hydrogen) atoms. The predicted molar refractivity (Wildman–Crippen MR) is 619 cm³/mol. The fourth-order valence-corrected chi connectivity index (χ4v) is 27.8. The van der Waals surface area contributed by atoms with E-state index in [2.05, 4.69) is 393 Å². The first-order valence-corrected chi connectivity index (χ1v) is 53.1. The third-order valence-electron chi connectivity index (χ3n) is 30.6. The number of hydrogen-bond acceptors (Lipinski definition) is 12. The van der Waals surface area contributed by atoms with Gasteiger partial charge in [-0.2, -0.15) is 9.97 Å². The van der Waals surface area contributed by atoms with E-state index in [1.54, 1.807) is 0 Å². The molecule has 0 radical (unpaired) electrons. The standard InChI is InChI=1S/2C46H27N3S.C45H28N4S/c1-3-13-28(14-4-1)43-47-44(29-15-5-2-6-16-29)49-45(48-43)30-23-24-32-31-17-7-10-20-36(31)46(39(32)27-30)37-21-11-8-19-35(37)41-38(46)26-25-34-33-18-9-12-22-40(33)50-42(34)41;1-3-13-28(14-4-1)43-47-44(29-15-5-2-6-16-29)49-45(48-43)30-23-24-35-39(27-30)46(36-20-10-7-17-31(36)32-18-8-11-21-37(32)46)38-26-25-34-33-19-9-12-22-40(33)50-42(34)41(35)38;1-4-12-29(13-5-1)30-20-22-31(23-21-30)34-24-25-37-39(28-34)49(38-27-26-36-35-18-10-11-19-40(35)50-42(36)41(37)38)45-47-43(32-14-6-2-7-15-32)46-44(48-45)33-16-8-3-9-17-33/h2*1-27H;1-28H. The van der Waals surface area contributed by atoms with Crippen molar-refractivity contribution in [3.8, 4) is 164 Å². The maximum absolute atomic E-state index is 5.19. The molecule has 13 heteroatoms. The van der Waals surface area contributed by atoms with Gasteiger partial charge in [0.15, 0.2) is 46.6 Å². The minimum atomic E-state index is -0.476. The lowest BCUT2D eigenvalue weighted by Gasteiger charge is -2.30. The highest BCUT2D eigenvalue weighted by atomic mass is 32.1. The Morgan fingerprint density at radius 1 is 0.160 bits per heavy atom. The Kier molecular flexibility index (Phi) is 20.2. The molecule has 32 rings (SSSR count). The van der Waals surface area contributed by atoms with E-state index in [0.29, 0.717) is 52.5 Å². The van der Waals surface area contributed by atoms with Gasteiger partial charge >= 0.3 is 0 Å². The lowest BCUT2D eigenvalue weighted by atomic mass is 9.70. The van der Waals surface area contributed by atoms with Crippen molar-refractivity contribution in [1.82, 2.24) is 49.4 Å². The van der Waals surface area contributed by atoms with Crippen LogP contribution >= 0.6 is 34.0 Å². The van der Waals surface area contributed by atoms with Crippen LogP contribution in [-0.2, 0) is 10.8 Å². The summed E-state index contributed by atoms with van der Waals surface area (Å²) in [6, 6.07) is 177. The van der Waals surface area contributed by atoms with E-state index in [4.69, 9.17) is 44.9 Å². The molecule has 0 amide bonds. The van der Waals surface area contributed by atoms with Crippen LogP contribution in [0.2, 0.25) is 0 Å². The molecule has 0 fully saturated rings. The fraction of sp³-hybridized carbons (Fsp3) is 0.0146. The van der Waals surface area contributed by atoms with Crippen LogP contribution in [0.3, 0.4) is 0 Å². The molecule has 0 saturated carbocycles. The molecule has 4 aliphatic rings. The zero-order chi connectivity index (χ0) is 98.6. The maximum atomic E-state index is 5.19. The van der Waals surface area contributed by atoms with Gasteiger partial charge in [-0.1, -0.05) is 455 Å². The van der Waals surface area contributed by atoms with Gasteiger partial charge in [-0.25, -0.2) is 34.9 Å². The van der Waals surface area contributed by atoms with E-state index in [1.807, 2.05) is 143 Å². The first-order chi connectivity index (χ1) is 74.4. The molecule has 2 spiro atoms. The number of benzene rings is 21. The first kappa shape index (κ1) is 86.6. The molecule has 4 aliphatic carbocycles. The Morgan fingerprint density at radius 3 is 0.833 bits per heavy atom. The van der Waals surface area contributed by atoms with Gasteiger partial charge in [-0.15, -0.1) is 34.0 Å². The van der Waals surface area contributed by atoms with E-state index in [-0.39, 0.29) is 0 Å². The second-order valence-electron chi connectivity index (χ2n) is 38.7. The van der Waals surface area contributed by atoms with Gasteiger partial charge in [0.2, 0.25) is 5.95 Å². The molecule has 0 saturated heterocycles. The molecule has 0 N–H and O–H groups in total. The number of rotatable bonds is 11. The summed E-state index contributed by atoms with van der Waals surface area (Å²) in [6.07, 6.45) is 0. The number of hydrogen-bond donors (Lipinski definition) is 0. The summed E-state index contributed by atoms with van der Waals surface area (Å²) >= 11 is 5.66. The number of nitrogens with zero attached hydrogens (tertiary/aromatic N) is 10. The number of thiophene rings is 3. The van der Waals surface area contributed by atoms with Gasteiger partial charge in [0.05, 0.1) is 21.9 Å². The normalized spacial score (nSPS) is 13.4. The number of fused-ring (bicyclic) bond motifs is 35. The van der Waals surface area contributed by atoms with Crippen molar-refractivity contribution < 1.29 is 0 Å². The second-order valence-corrected chi connectivity index (χ2v) is 41.8. The zero-order valence-corrected chi connectivity index (χ0v) is 83.0. The Balaban J connectivity index is 0.000000103. The predicted octanol–water partition coefficient (Wildman–Crippen LogP) is 35.2. The van der Waals surface area contributed by atoms with Crippen molar-refractivity contribution in [2.24, 2.45) is 0 Å². The lowest BCUT2D eigenvalue weighted by molar-refractivity contribution is 0.794. The molecular weight excluding hydrogens is 1880 g/mol. The number of aromatic nitrogens is 10. The van der Waals surface area contributed by atoms with E-state index in [9.17, 15) is 0 Å². The summed E-state index contributed by atoms with van der Waals surface area (Å²) in [4.78, 5) is 45.8. The van der Waals surface area contributed by atoms with Gasteiger partial charge in [-0.05, 0) is 143 Å². The van der Waals surface area contributed by atoms with E-state index < -0.39 is 10.8 Å². The Labute approximate surface area is 875 Å². The molecule has 1 unspecified atom stereocenters. The molecule has 1 atom stereocenters. The van der Waals surface area contributed by atoms with Crippen molar-refractivity contribution in [2.75, 3.05) is 0 Å². The van der Waals surface area contributed by atoms with Crippen LogP contribution < -0.4 is 0 Å². The fourth-order valence-electron chi connectivity index (χ4n) is 24.0. The summed E-state index contributed by atoms with van der Waals surface area (Å²) in [5, 5.41) is 10.2. The largest absolute Gasteiger partial charge is 0.278 e. The van der Waals surface area contributed by atoms with Crippen LogP contribution in [0, 0.1) is 0 Å².